The maximum atomic E-state index is 13.2. The van der Waals surface area contributed by atoms with Crippen LogP contribution in [0.5, 0.6) is 11.5 Å². The molecular formula is C26H25N3O3. The number of ether oxygens (including phenoxy) is 2. The zero-order valence-electron chi connectivity index (χ0n) is 18.1. The number of benzene rings is 3. The normalized spacial score (nSPS) is 11.6. The van der Waals surface area contributed by atoms with Crippen molar-refractivity contribution >= 4 is 5.91 Å². The van der Waals surface area contributed by atoms with E-state index in [1.54, 1.807) is 25.4 Å². The number of methoxy groups -OCH3 is 1. The maximum absolute atomic E-state index is 13.2. The zero-order chi connectivity index (χ0) is 22.3. The molecule has 1 aromatic heterocycles. The molecule has 0 saturated carbocycles. The molecule has 3 aromatic carbocycles. The summed E-state index contributed by atoms with van der Waals surface area (Å²) in [5.74, 6) is 1.92. The van der Waals surface area contributed by atoms with Crippen molar-refractivity contribution in [3.63, 3.8) is 0 Å². The average molecular weight is 428 g/mol. The van der Waals surface area contributed by atoms with E-state index in [0.717, 1.165) is 22.7 Å². The number of aryl methyl sites for hydroxylation is 1. The van der Waals surface area contributed by atoms with Crippen molar-refractivity contribution in [1.29, 1.82) is 0 Å². The van der Waals surface area contributed by atoms with E-state index in [1.165, 1.54) is 0 Å². The molecule has 0 spiro atoms. The molecule has 1 atom stereocenters. The molecule has 0 saturated heterocycles. The highest BCUT2D eigenvalue weighted by Crippen LogP contribution is 2.24. The lowest BCUT2D eigenvalue weighted by Crippen LogP contribution is -2.31. The van der Waals surface area contributed by atoms with Crippen LogP contribution in [0.3, 0.4) is 0 Å². The first kappa shape index (κ1) is 21.2. The Kier molecular flexibility index (Phi) is 6.51. The molecule has 4 rings (SSSR count). The van der Waals surface area contributed by atoms with Gasteiger partial charge in [-0.15, -0.1) is 0 Å². The van der Waals surface area contributed by atoms with Gasteiger partial charge in [-0.2, -0.15) is 0 Å². The second-order valence-electron chi connectivity index (χ2n) is 7.38. The van der Waals surface area contributed by atoms with Gasteiger partial charge in [0.2, 0.25) is 0 Å². The summed E-state index contributed by atoms with van der Waals surface area (Å²) in [6.07, 6.45) is 3.58. The number of nitrogens with zero attached hydrogens (tertiary/aromatic N) is 2. The van der Waals surface area contributed by atoms with Gasteiger partial charge in [0.25, 0.3) is 5.91 Å². The van der Waals surface area contributed by atoms with Crippen molar-refractivity contribution in [2.24, 2.45) is 7.05 Å². The molecule has 32 heavy (non-hydrogen) atoms. The van der Waals surface area contributed by atoms with Crippen LogP contribution in [0.4, 0.5) is 0 Å². The molecule has 1 amide bonds. The predicted octanol–water partition coefficient (Wildman–Crippen LogP) is 4.53. The topological polar surface area (TPSA) is 65.4 Å². The van der Waals surface area contributed by atoms with E-state index >= 15 is 0 Å². The first-order valence-electron chi connectivity index (χ1n) is 10.3. The van der Waals surface area contributed by atoms with Crippen LogP contribution in [0, 0.1) is 0 Å². The largest absolute Gasteiger partial charge is 0.497 e. The Morgan fingerprint density at radius 2 is 1.78 bits per heavy atom. The first-order valence-corrected chi connectivity index (χ1v) is 10.3. The Labute approximate surface area is 187 Å². The van der Waals surface area contributed by atoms with Gasteiger partial charge in [-0.25, -0.2) is 4.98 Å². The summed E-state index contributed by atoms with van der Waals surface area (Å²) in [4.78, 5) is 17.6. The van der Waals surface area contributed by atoms with Gasteiger partial charge in [-0.1, -0.05) is 48.5 Å². The molecule has 1 N–H and O–H groups in total. The average Bonchev–Trinajstić information content (AvgIpc) is 3.27. The molecule has 162 valence electrons. The van der Waals surface area contributed by atoms with Gasteiger partial charge in [-0.3, -0.25) is 4.79 Å². The number of nitrogens with one attached hydrogen (secondary N) is 1. The van der Waals surface area contributed by atoms with Crippen molar-refractivity contribution < 1.29 is 14.3 Å². The van der Waals surface area contributed by atoms with Crippen LogP contribution in [0.1, 0.15) is 33.4 Å². The number of hydrogen-bond donors (Lipinski definition) is 1. The van der Waals surface area contributed by atoms with Gasteiger partial charge < -0.3 is 19.4 Å². The molecule has 1 unspecified atom stereocenters. The fourth-order valence-electron chi connectivity index (χ4n) is 3.43. The van der Waals surface area contributed by atoms with E-state index in [0.29, 0.717) is 17.9 Å². The highest BCUT2D eigenvalue weighted by molar-refractivity contribution is 5.95. The summed E-state index contributed by atoms with van der Waals surface area (Å²) in [5.41, 5.74) is 2.49. The first-order chi connectivity index (χ1) is 15.6. The van der Waals surface area contributed by atoms with E-state index in [-0.39, 0.29) is 5.91 Å². The molecule has 0 radical (unpaired) electrons. The van der Waals surface area contributed by atoms with Crippen molar-refractivity contribution in [1.82, 2.24) is 14.9 Å². The van der Waals surface area contributed by atoms with Crippen LogP contribution in [-0.2, 0) is 13.7 Å². The Morgan fingerprint density at radius 3 is 2.47 bits per heavy atom. The molecule has 6 nitrogen and oxygen atoms in total. The van der Waals surface area contributed by atoms with Crippen LogP contribution >= 0.6 is 0 Å². The molecule has 0 aliphatic rings. The fourth-order valence-corrected chi connectivity index (χ4v) is 3.43. The molecule has 0 fully saturated rings. The fraction of sp³-hybridized carbons (Fsp3) is 0.154. The predicted molar refractivity (Wildman–Crippen MR) is 123 cm³/mol. The molecular weight excluding hydrogens is 402 g/mol. The van der Waals surface area contributed by atoms with Gasteiger partial charge in [0.15, 0.2) is 0 Å². The van der Waals surface area contributed by atoms with Gasteiger partial charge in [0.1, 0.15) is 30.0 Å². The third-order valence-electron chi connectivity index (χ3n) is 5.19. The summed E-state index contributed by atoms with van der Waals surface area (Å²) in [6.45, 7) is 0.438. The smallest absolute Gasteiger partial charge is 0.252 e. The van der Waals surface area contributed by atoms with E-state index in [9.17, 15) is 4.79 Å². The number of rotatable bonds is 8. The SMILES string of the molecule is COc1ccc(C(NC(=O)c2cccc(OCc3ccccc3)c2)c2nccn2C)cc1. The number of hydrogen-bond acceptors (Lipinski definition) is 4. The Balaban J connectivity index is 1.53. The summed E-state index contributed by atoms with van der Waals surface area (Å²) in [7, 11) is 3.53. The zero-order valence-corrected chi connectivity index (χ0v) is 18.1. The summed E-state index contributed by atoms with van der Waals surface area (Å²) < 4.78 is 13.0. The van der Waals surface area contributed by atoms with E-state index < -0.39 is 6.04 Å². The lowest BCUT2D eigenvalue weighted by molar-refractivity contribution is 0.0940. The number of imidazole rings is 1. The standard InChI is InChI=1S/C26H25N3O3/c1-29-16-15-27-25(29)24(20-11-13-22(31-2)14-12-20)28-26(30)21-9-6-10-23(17-21)32-18-19-7-4-3-5-8-19/h3-17,24H,18H2,1-2H3,(H,28,30). The van der Waals surface area contributed by atoms with Gasteiger partial charge in [0.05, 0.1) is 7.11 Å². The second kappa shape index (κ2) is 9.83. The van der Waals surface area contributed by atoms with Crippen LogP contribution in [-0.4, -0.2) is 22.6 Å². The third kappa shape index (κ3) is 4.98. The van der Waals surface area contributed by atoms with E-state index in [2.05, 4.69) is 10.3 Å². The Bertz CT molecular complexity index is 1170. The number of carbonyl (C=O) groups is 1. The number of aromatic nitrogens is 2. The molecule has 0 aliphatic heterocycles. The molecule has 1 heterocycles. The molecule has 4 aromatic rings. The minimum atomic E-state index is -0.415. The van der Waals surface area contributed by atoms with Gasteiger partial charge in [0, 0.05) is 25.0 Å². The Hall–Kier alpha value is -4.06. The molecule has 0 aliphatic carbocycles. The van der Waals surface area contributed by atoms with E-state index in [4.69, 9.17) is 9.47 Å². The van der Waals surface area contributed by atoms with Crippen molar-refractivity contribution in [3.8, 4) is 11.5 Å². The van der Waals surface area contributed by atoms with Crippen LogP contribution in [0.15, 0.2) is 91.3 Å². The van der Waals surface area contributed by atoms with Gasteiger partial charge >= 0.3 is 0 Å². The monoisotopic (exact) mass is 427 g/mol. The highest BCUT2D eigenvalue weighted by Gasteiger charge is 2.22. The van der Waals surface area contributed by atoms with Gasteiger partial charge in [-0.05, 0) is 41.5 Å². The van der Waals surface area contributed by atoms with Crippen molar-refractivity contribution in [3.05, 3.63) is 114 Å². The second-order valence-corrected chi connectivity index (χ2v) is 7.38. The highest BCUT2D eigenvalue weighted by atomic mass is 16.5. The number of carbonyl (C=O) groups excluding carboxylic acids is 1. The third-order valence-corrected chi connectivity index (χ3v) is 5.19. The quantitative estimate of drug-likeness (QED) is 0.449. The molecule has 6 heteroatoms. The Morgan fingerprint density at radius 1 is 1.00 bits per heavy atom. The lowest BCUT2D eigenvalue weighted by atomic mass is 10.0. The van der Waals surface area contributed by atoms with Crippen LogP contribution < -0.4 is 14.8 Å². The number of amides is 1. The maximum Gasteiger partial charge on any atom is 0.252 e. The van der Waals surface area contributed by atoms with Crippen molar-refractivity contribution in [2.75, 3.05) is 7.11 Å². The van der Waals surface area contributed by atoms with Crippen LogP contribution in [0.25, 0.3) is 0 Å². The summed E-state index contributed by atoms with van der Waals surface area (Å²) in [5, 5.41) is 3.11. The molecule has 0 bridgehead atoms. The lowest BCUT2D eigenvalue weighted by Gasteiger charge is -2.20. The van der Waals surface area contributed by atoms with E-state index in [1.807, 2.05) is 84.5 Å². The summed E-state index contributed by atoms with van der Waals surface area (Å²) in [6, 6.07) is 24.3. The van der Waals surface area contributed by atoms with Crippen LogP contribution in [0.2, 0.25) is 0 Å². The minimum absolute atomic E-state index is 0.209. The van der Waals surface area contributed by atoms with Crippen molar-refractivity contribution in [2.45, 2.75) is 12.6 Å². The minimum Gasteiger partial charge on any atom is -0.497 e. The summed E-state index contributed by atoms with van der Waals surface area (Å²) >= 11 is 0.